The Morgan fingerprint density at radius 2 is 1.62 bits per heavy atom. The number of nitrogens with two attached hydrogens (primary N) is 1. The highest BCUT2D eigenvalue weighted by Crippen LogP contribution is 2.43. The SMILES string of the molecule is COc1c(C)c(O)c(C)c(O)c1N. The normalized spacial score (nSPS) is 10.1. The van der Waals surface area contributed by atoms with E-state index in [9.17, 15) is 10.2 Å². The molecule has 72 valence electrons. The first kappa shape index (κ1) is 9.51. The van der Waals surface area contributed by atoms with Crippen molar-refractivity contribution in [1.82, 2.24) is 0 Å². The maximum atomic E-state index is 9.53. The van der Waals surface area contributed by atoms with Gasteiger partial charge in [0.15, 0.2) is 5.75 Å². The largest absolute Gasteiger partial charge is 0.507 e. The number of aromatic hydroxyl groups is 2. The third-order valence-corrected chi connectivity index (χ3v) is 2.11. The van der Waals surface area contributed by atoms with Gasteiger partial charge >= 0.3 is 0 Å². The lowest BCUT2D eigenvalue weighted by molar-refractivity contribution is 0.394. The first-order valence-electron chi connectivity index (χ1n) is 3.85. The number of methoxy groups -OCH3 is 1. The summed E-state index contributed by atoms with van der Waals surface area (Å²) in [5, 5.41) is 19.0. The Labute approximate surface area is 76.6 Å². The van der Waals surface area contributed by atoms with E-state index in [1.54, 1.807) is 13.8 Å². The molecule has 0 bridgehead atoms. The molecule has 0 amide bonds. The van der Waals surface area contributed by atoms with Gasteiger partial charge in [-0.05, 0) is 13.8 Å². The molecule has 4 N–H and O–H groups in total. The molecule has 0 aliphatic rings. The fourth-order valence-corrected chi connectivity index (χ4v) is 1.28. The summed E-state index contributed by atoms with van der Waals surface area (Å²) < 4.78 is 4.95. The van der Waals surface area contributed by atoms with E-state index < -0.39 is 0 Å². The highest BCUT2D eigenvalue weighted by Gasteiger charge is 2.16. The summed E-state index contributed by atoms with van der Waals surface area (Å²) in [5.74, 6) is 0.212. The van der Waals surface area contributed by atoms with Crippen LogP contribution in [0.5, 0.6) is 17.2 Å². The Balaban J connectivity index is 3.56. The van der Waals surface area contributed by atoms with Crippen LogP contribution in [-0.4, -0.2) is 17.3 Å². The summed E-state index contributed by atoms with van der Waals surface area (Å²) >= 11 is 0. The van der Waals surface area contributed by atoms with Gasteiger partial charge in [0.25, 0.3) is 0 Å². The van der Waals surface area contributed by atoms with Crippen LogP contribution in [0.3, 0.4) is 0 Å². The number of phenolic OH excluding ortho intramolecular Hbond substituents is 2. The van der Waals surface area contributed by atoms with Crippen molar-refractivity contribution in [2.75, 3.05) is 12.8 Å². The predicted octanol–water partition coefficient (Wildman–Crippen LogP) is 1.31. The van der Waals surface area contributed by atoms with Crippen LogP contribution < -0.4 is 10.5 Å². The number of hydrogen-bond donors (Lipinski definition) is 3. The molecule has 13 heavy (non-hydrogen) atoms. The summed E-state index contributed by atoms with van der Waals surface area (Å²) in [6.45, 7) is 3.27. The van der Waals surface area contributed by atoms with Crippen LogP contribution in [-0.2, 0) is 0 Å². The molecule has 1 rings (SSSR count). The number of hydrogen-bond acceptors (Lipinski definition) is 4. The van der Waals surface area contributed by atoms with E-state index in [1.807, 2.05) is 0 Å². The van der Waals surface area contributed by atoms with Gasteiger partial charge < -0.3 is 20.7 Å². The molecule has 4 nitrogen and oxygen atoms in total. The minimum absolute atomic E-state index is 0.0172. The smallest absolute Gasteiger partial charge is 0.152 e. The van der Waals surface area contributed by atoms with E-state index in [1.165, 1.54) is 7.11 Å². The Bertz CT molecular complexity index is 318. The van der Waals surface area contributed by atoms with Crippen LogP contribution in [0.2, 0.25) is 0 Å². The summed E-state index contributed by atoms with van der Waals surface area (Å²) in [7, 11) is 1.44. The van der Waals surface area contributed by atoms with Crippen LogP contribution in [0.15, 0.2) is 0 Å². The number of nitrogen functional groups attached to an aromatic ring is 1. The van der Waals surface area contributed by atoms with Gasteiger partial charge in [-0.1, -0.05) is 0 Å². The molecule has 0 saturated carbocycles. The number of benzene rings is 1. The highest BCUT2D eigenvalue weighted by molar-refractivity contribution is 5.72. The molecular weight excluding hydrogens is 170 g/mol. The van der Waals surface area contributed by atoms with E-state index in [0.29, 0.717) is 16.9 Å². The predicted molar refractivity (Wildman–Crippen MR) is 50.2 cm³/mol. The minimum Gasteiger partial charge on any atom is -0.507 e. The van der Waals surface area contributed by atoms with Gasteiger partial charge in [0.1, 0.15) is 17.2 Å². The zero-order chi connectivity index (χ0) is 10.2. The quantitative estimate of drug-likeness (QED) is 0.348. The molecule has 0 aliphatic carbocycles. The molecule has 0 radical (unpaired) electrons. The lowest BCUT2D eigenvalue weighted by atomic mass is 10.1. The fraction of sp³-hybridized carbons (Fsp3) is 0.333. The lowest BCUT2D eigenvalue weighted by Gasteiger charge is -2.13. The van der Waals surface area contributed by atoms with Crippen LogP contribution in [0.1, 0.15) is 11.1 Å². The molecule has 0 unspecified atom stereocenters. The summed E-state index contributed by atoms with van der Waals surface area (Å²) in [5.41, 5.74) is 6.65. The maximum absolute atomic E-state index is 9.53. The number of rotatable bonds is 1. The van der Waals surface area contributed by atoms with E-state index >= 15 is 0 Å². The van der Waals surface area contributed by atoms with Crippen molar-refractivity contribution in [3.63, 3.8) is 0 Å². The van der Waals surface area contributed by atoms with E-state index in [2.05, 4.69) is 0 Å². The van der Waals surface area contributed by atoms with Gasteiger partial charge in [0.2, 0.25) is 0 Å². The van der Waals surface area contributed by atoms with Gasteiger partial charge in [-0.2, -0.15) is 0 Å². The summed E-state index contributed by atoms with van der Waals surface area (Å²) in [6.07, 6.45) is 0. The van der Waals surface area contributed by atoms with Crippen molar-refractivity contribution >= 4 is 5.69 Å². The van der Waals surface area contributed by atoms with Crippen molar-refractivity contribution in [3.05, 3.63) is 11.1 Å². The van der Waals surface area contributed by atoms with E-state index in [0.717, 1.165) is 0 Å². The molecule has 0 aliphatic heterocycles. The van der Waals surface area contributed by atoms with Crippen LogP contribution in [0.25, 0.3) is 0 Å². The Kier molecular flexibility index (Phi) is 2.23. The zero-order valence-corrected chi connectivity index (χ0v) is 7.88. The zero-order valence-electron chi connectivity index (χ0n) is 7.88. The second-order valence-electron chi connectivity index (χ2n) is 2.89. The molecule has 4 heteroatoms. The molecule has 0 fully saturated rings. The number of ether oxygens (including phenoxy) is 1. The molecule has 0 spiro atoms. The fourth-order valence-electron chi connectivity index (χ4n) is 1.28. The summed E-state index contributed by atoms with van der Waals surface area (Å²) in [6, 6.07) is 0. The Morgan fingerprint density at radius 1 is 1.08 bits per heavy atom. The van der Waals surface area contributed by atoms with Crippen LogP contribution in [0.4, 0.5) is 5.69 Å². The second kappa shape index (κ2) is 3.05. The maximum Gasteiger partial charge on any atom is 0.152 e. The van der Waals surface area contributed by atoms with Crippen molar-refractivity contribution in [3.8, 4) is 17.2 Å². The standard InChI is InChI=1S/C9H13NO3/c1-4-7(11)5(2)9(13-3)6(10)8(4)12/h11-12H,10H2,1-3H3. The molecular formula is C9H13NO3. The third kappa shape index (κ3) is 1.24. The number of phenols is 2. The van der Waals surface area contributed by atoms with Crippen molar-refractivity contribution in [2.24, 2.45) is 0 Å². The molecule has 0 saturated heterocycles. The molecule has 1 aromatic carbocycles. The molecule has 0 aromatic heterocycles. The average Bonchev–Trinajstić information content (AvgIpc) is 2.13. The van der Waals surface area contributed by atoms with E-state index in [-0.39, 0.29) is 17.2 Å². The first-order chi connectivity index (χ1) is 6.00. The van der Waals surface area contributed by atoms with Crippen molar-refractivity contribution in [2.45, 2.75) is 13.8 Å². The second-order valence-corrected chi connectivity index (χ2v) is 2.89. The van der Waals surface area contributed by atoms with Gasteiger partial charge in [0.05, 0.1) is 7.11 Å². The molecule has 0 atom stereocenters. The topological polar surface area (TPSA) is 75.7 Å². The van der Waals surface area contributed by atoms with Crippen LogP contribution >= 0.6 is 0 Å². The van der Waals surface area contributed by atoms with Gasteiger partial charge in [0, 0.05) is 11.1 Å². The first-order valence-corrected chi connectivity index (χ1v) is 3.85. The summed E-state index contributed by atoms with van der Waals surface area (Å²) in [4.78, 5) is 0. The van der Waals surface area contributed by atoms with E-state index in [4.69, 9.17) is 10.5 Å². The average molecular weight is 183 g/mol. The van der Waals surface area contributed by atoms with Gasteiger partial charge in [-0.3, -0.25) is 0 Å². The van der Waals surface area contributed by atoms with Crippen molar-refractivity contribution < 1.29 is 14.9 Å². The highest BCUT2D eigenvalue weighted by atomic mass is 16.5. The van der Waals surface area contributed by atoms with Crippen LogP contribution in [0, 0.1) is 13.8 Å². The van der Waals surface area contributed by atoms with Gasteiger partial charge in [-0.15, -0.1) is 0 Å². The Hall–Kier alpha value is -1.58. The minimum atomic E-state index is -0.125. The molecule has 1 aromatic rings. The lowest BCUT2D eigenvalue weighted by Crippen LogP contribution is -1.97. The van der Waals surface area contributed by atoms with Crippen molar-refractivity contribution in [1.29, 1.82) is 0 Å². The third-order valence-electron chi connectivity index (χ3n) is 2.11. The Morgan fingerprint density at radius 3 is 2.08 bits per heavy atom. The number of anilines is 1. The molecule has 0 heterocycles. The van der Waals surface area contributed by atoms with Gasteiger partial charge in [-0.25, -0.2) is 0 Å². The monoisotopic (exact) mass is 183 g/mol.